The van der Waals surface area contributed by atoms with Gasteiger partial charge in [-0.15, -0.1) is 0 Å². The van der Waals surface area contributed by atoms with Gasteiger partial charge in [0.15, 0.2) is 0 Å². The second-order valence-corrected chi connectivity index (χ2v) is 2.28. The number of rotatable bonds is 0. The van der Waals surface area contributed by atoms with E-state index in [1.165, 1.54) is 0 Å². The third kappa shape index (κ3) is 3.16. The number of aryl methyl sites for hydroxylation is 1. The van der Waals surface area contributed by atoms with Crippen molar-refractivity contribution in [2.24, 2.45) is 0 Å². The van der Waals surface area contributed by atoms with Crippen LogP contribution < -0.4 is 11.5 Å². The van der Waals surface area contributed by atoms with Crippen molar-refractivity contribution in [1.29, 1.82) is 0 Å². The molecule has 0 amide bonds. The molecule has 0 aliphatic carbocycles. The fourth-order valence-corrected chi connectivity index (χ4v) is 0.703. The van der Waals surface area contributed by atoms with Crippen molar-refractivity contribution in [3.8, 4) is 0 Å². The lowest BCUT2D eigenvalue weighted by Crippen LogP contribution is -1.95. The van der Waals surface area contributed by atoms with E-state index in [0.717, 1.165) is 5.56 Å². The van der Waals surface area contributed by atoms with Crippen LogP contribution in [-0.2, 0) is 11.6 Å². The molecular weight excluding hydrogens is 176 g/mol. The Hall–Kier alpha value is -1.36. The van der Waals surface area contributed by atoms with Crippen LogP contribution in [0.3, 0.4) is 0 Å². The van der Waals surface area contributed by atoms with Crippen LogP contribution in [0.15, 0.2) is 18.2 Å². The Morgan fingerprint density at radius 1 is 1.25 bits per heavy atom. The van der Waals surface area contributed by atoms with Crippen LogP contribution in [0.5, 0.6) is 0 Å². The zero-order chi connectivity index (χ0) is 9.56. The Bertz CT molecular complexity index is 275. The van der Waals surface area contributed by atoms with Crippen molar-refractivity contribution in [3.05, 3.63) is 23.8 Å². The first-order chi connectivity index (χ1) is 5.63. The first kappa shape index (κ1) is 10.6. The molecule has 1 aromatic carbocycles. The predicted octanol–water partition coefficient (Wildman–Crippen LogP) is 0.489. The molecule has 0 bridgehead atoms. The average Bonchev–Trinajstić information content (AvgIpc) is 2.02. The van der Waals surface area contributed by atoms with Gasteiger partial charge >= 0.3 is 11.6 Å². The van der Waals surface area contributed by atoms with E-state index in [1.54, 1.807) is 6.07 Å². The molecule has 4 N–H and O–H groups in total. The molecular formula is C7H10N2O2S. The van der Waals surface area contributed by atoms with Crippen LogP contribution in [0.1, 0.15) is 5.56 Å². The predicted molar refractivity (Wildman–Crippen MR) is 48.9 cm³/mol. The minimum Gasteiger partial charge on any atom is -0.397 e. The third-order valence-corrected chi connectivity index (χ3v) is 1.36. The molecule has 12 heavy (non-hydrogen) atoms. The molecule has 0 saturated heterocycles. The largest absolute Gasteiger partial charge is 0.397 e. The van der Waals surface area contributed by atoms with Gasteiger partial charge in [0.05, 0.1) is 11.4 Å². The van der Waals surface area contributed by atoms with Crippen LogP contribution in [0.4, 0.5) is 11.4 Å². The minimum absolute atomic E-state index is 0.662. The molecule has 0 atom stereocenters. The van der Waals surface area contributed by atoms with E-state index in [2.05, 4.69) is 0 Å². The number of nitrogens with two attached hydrogens (primary N) is 2. The maximum Gasteiger partial charge on any atom is 0.335 e. The zero-order valence-electron chi connectivity index (χ0n) is 6.61. The Morgan fingerprint density at radius 3 is 2.08 bits per heavy atom. The van der Waals surface area contributed by atoms with Crippen LogP contribution >= 0.6 is 0 Å². The summed E-state index contributed by atoms with van der Waals surface area (Å²) in [4.78, 5) is 0. The number of benzene rings is 1. The van der Waals surface area contributed by atoms with Crippen LogP contribution in [0.2, 0.25) is 0 Å². The SMILES string of the molecule is Cc1cccc(N)c1N.O=S=O. The van der Waals surface area contributed by atoms with Crippen molar-refractivity contribution in [3.63, 3.8) is 0 Å². The highest BCUT2D eigenvalue weighted by Crippen LogP contribution is 2.17. The number of hydrogen-bond acceptors (Lipinski definition) is 4. The Kier molecular flexibility index (Phi) is 4.71. The first-order valence-electron chi connectivity index (χ1n) is 3.15. The molecule has 66 valence electrons. The lowest BCUT2D eigenvalue weighted by Gasteiger charge is -2.00. The molecule has 0 unspecified atom stereocenters. The number of anilines is 2. The highest BCUT2D eigenvalue weighted by Gasteiger charge is 1.93. The Balaban J connectivity index is 0.000000354. The van der Waals surface area contributed by atoms with Gasteiger partial charge in [0.1, 0.15) is 0 Å². The van der Waals surface area contributed by atoms with E-state index in [9.17, 15) is 0 Å². The highest BCUT2D eigenvalue weighted by molar-refractivity contribution is 7.51. The van der Waals surface area contributed by atoms with E-state index in [-0.39, 0.29) is 0 Å². The van der Waals surface area contributed by atoms with Gasteiger partial charge in [0.2, 0.25) is 0 Å². The van der Waals surface area contributed by atoms with Crippen molar-refractivity contribution in [2.75, 3.05) is 11.5 Å². The van der Waals surface area contributed by atoms with E-state index in [0.29, 0.717) is 11.4 Å². The maximum atomic E-state index is 8.29. The average molecular weight is 186 g/mol. The van der Waals surface area contributed by atoms with Crippen molar-refractivity contribution in [2.45, 2.75) is 6.92 Å². The molecule has 0 saturated carbocycles. The first-order valence-corrected chi connectivity index (χ1v) is 3.82. The summed E-state index contributed by atoms with van der Waals surface area (Å²) in [6.45, 7) is 1.94. The highest BCUT2D eigenvalue weighted by atomic mass is 32.1. The molecule has 4 nitrogen and oxygen atoms in total. The van der Waals surface area contributed by atoms with Crippen molar-refractivity contribution < 1.29 is 8.42 Å². The summed E-state index contributed by atoms with van der Waals surface area (Å²) >= 11 is -0.750. The van der Waals surface area contributed by atoms with E-state index in [4.69, 9.17) is 19.9 Å². The summed E-state index contributed by atoms with van der Waals surface area (Å²) in [7, 11) is 0. The summed E-state index contributed by atoms with van der Waals surface area (Å²) in [6.07, 6.45) is 0. The van der Waals surface area contributed by atoms with Gasteiger partial charge in [-0.25, -0.2) is 0 Å². The molecule has 0 heterocycles. The van der Waals surface area contributed by atoms with E-state index < -0.39 is 11.6 Å². The van der Waals surface area contributed by atoms with Crippen LogP contribution in [0, 0.1) is 6.92 Å². The lowest BCUT2D eigenvalue weighted by molar-refractivity contribution is 0.630. The smallest absolute Gasteiger partial charge is 0.335 e. The molecule has 0 aromatic heterocycles. The van der Waals surface area contributed by atoms with Crippen LogP contribution in [0.25, 0.3) is 0 Å². The van der Waals surface area contributed by atoms with E-state index >= 15 is 0 Å². The molecule has 0 fully saturated rings. The van der Waals surface area contributed by atoms with Crippen molar-refractivity contribution in [1.82, 2.24) is 0 Å². The molecule has 0 radical (unpaired) electrons. The van der Waals surface area contributed by atoms with E-state index in [1.807, 2.05) is 19.1 Å². The topological polar surface area (TPSA) is 86.2 Å². The van der Waals surface area contributed by atoms with Gasteiger partial charge in [-0.3, -0.25) is 0 Å². The fourth-order valence-electron chi connectivity index (χ4n) is 0.703. The summed E-state index contributed by atoms with van der Waals surface area (Å²) in [5, 5.41) is 0. The summed E-state index contributed by atoms with van der Waals surface area (Å²) in [5.41, 5.74) is 13.4. The third-order valence-electron chi connectivity index (χ3n) is 1.36. The minimum atomic E-state index is -0.750. The van der Waals surface area contributed by atoms with Crippen LogP contribution in [-0.4, -0.2) is 8.42 Å². The quantitative estimate of drug-likeness (QED) is 0.577. The molecule has 0 spiro atoms. The van der Waals surface area contributed by atoms with Gasteiger partial charge in [0.25, 0.3) is 0 Å². The van der Waals surface area contributed by atoms with Gasteiger partial charge in [-0.1, -0.05) is 12.1 Å². The molecule has 0 aliphatic heterocycles. The van der Waals surface area contributed by atoms with Gasteiger partial charge in [-0.2, -0.15) is 8.42 Å². The standard InChI is InChI=1S/C7H10N2.O2S/c1-5-3-2-4-6(8)7(5)9;1-3-2/h2-4H,8-9H2,1H3;. The van der Waals surface area contributed by atoms with Crippen molar-refractivity contribution >= 4 is 22.9 Å². The maximum absolute atomic E-state index is 8.29. The molecule has 1 rings (SSSR count). The zero-order valence-corrected chi connectivity index (χ0v) is 7.43. The monoisotopic (exact) mass is 186 g/mol. The second kappa shape index (κ2) is 5.31. The Morgan fingerprint density at radius 2 is 1.75 bits per heavy atom. The number of para-hydroxylation sites is 1. The summed E-state index contributed by atoms with van der Waals surface area (Å²) in [6, 6.07) is 5.62. The molecule has 5 heteroatoms. The number of nitrogen functional groups attached to an aromatic ring is 2. The molecule has 1 aromatic rings. The fraction of sp³-hybridized carbons (Fsp3) is 0.143. The lowest BCUT2D eigenvalue weighted by atomic mass is 10.2. The van der Waals surface area contributed by atoms with Gasteiger partial charge < -0.3 is 11.5 Å². The summed E-state index contributed by atoms with van der Waals surface area (Å²) < 4.78 is 16.6. The van der Waals surface area contributed by atoms with Gasteiger partial charge in [0, 0.05) is 0 Å². The molecule has 0 aliphatic rings. The van der Waals surface area contributed by atoms with Gasteiger partial charge in [-0.05, 0) is 18.6 Å². The normalized spacial score (nSPS) is 8.08. The second-order valence-electron chi connectivity index (χ2n) is 2.15. The summed E-state index contributed by atoms with van der Waals surface area (Å²) in [5.74, 6) is 0. The Labute approximate surface area is 74.2 Å². The number of hydrogen-bond donors (Lipinski definition) is 2.